The predicted molar refractivity (Wildman–Crippen MR) is 216 cm³/mol. The van der Waals surface area contributed by atoms with Crippen molar-refractivity contribution in [3.63, 3.8) is 0 Å². The van der Waals surface area contributed by atoms with Crippen molar-refractivity contribution in [1.82, 2.24) is 19.1 Å². The second-order valence-electron chi connectivity index (χ2n) is 13.6. The van der Waals surface area contributed by atoms with E-state index in [2.05, 4.69) is 175 Å². The molecule has 0 saturated carbocycles. The van der Waals surface area contributed by atoms with Crippen LogP contribution in [0.2, 0.25) is 0 Å². The Balaban J connectivity index is 1.05. The lowest BCUT2D eigenvalue weighted by Crippen LogP contribution is -1.96. The third kappa shape index (κ3) is 4.76. The average molecular weight is 667 g/mol. The molecule has 0 aliphatic heterocycles. The highest BCUT2D eigenvalue weighted by Crippen LogP contribution is 2.37. The first kappa shape index (κ1) is 30.1. The molecular formula is C48H34N4. The van der Waals surface area contributed by atoms with Crippen LogP contribution in [-0.4, -0.2) is 19.1 Å². The van der Waals surface area contributed by atoms with Crippen LogP contribution >= 0.6 is 0 Å². The first-order valence-electron chi connectivity index (χ1n) is 17.7. The summed E-state index contributed by atoms with van der Waals surface area (Å²) in [6.07, 6.45) is 5.80. The molecule has 52 heavy (non-hydrogen) atoms. The van der Waals surface area contributed by atoms with E-state index in [0.29, 0.717) is 0 Å². The molecule has 0 N–H and O–H groups in total. The van der Waals surface area contributed by atoms with Crippen molar-refractivity contribution >= 4 is 43.6 Å². The summed E-state index contributed by atoms with van der Waals surface area (Å²) in [5.74, 6) is 0. The highest BCUT2D eigenvalue weighted by atomic mass is 15.0. The summed E-state index contributed by atoms with van der Waals surface area (Å²) in [6.45, 7) is 4.35. The molecule has 0 fully saturated rings. The molecule has 10 rings (SSSR count). The van der Waals surface area contributed by atoms with Crippen LogP contribution in [0.25, 0.3) is 88.5 Å². The topological polar surface area (TPSA) is 35.6 Å². The molecule has 0 amide bonds. The lowest BCUT2D eigenvalue weighted by molar-refractivity contribution is 1.17. The summed E-state index contributed by atoms with van der Waals surface area (Å²) in [4.78, 5) is 9.60. The van der Waals surface area contributed by atoms with Crippen molar-refractivity contribution in [2.24, 2.45) is 0 Å². The molecule has 0 saturated heterocycles. The van der Waals surface area contributed by atoms with Crippen molar-refractivity contribution in [2.75, 3.05) is 0 Å². The fourth-order valence-corrected chi connectivity index (χ4v) is 8.00. The van der Waals surface area contributed by atoms with E-state index in [1.807, 2.05) is 18.6 Å². The molecule has 0 bridgehead atoms. The van der Waals surface area contributed by atoms with Gasteiger partial charge in [-0.2, -0.15) is 0 Å². The minimum Gasteiger partial charge on any atom is -0.309 e. The Labute approximate surface area is 301 Å². The summed E-state index contributed by atoms with van der Waals surface area (Å²) in [7, 11) is 0. The number of pyridine rings is 2. The van der Waals surface area contributed by atoms with Crippen molar-refractivity contribution in [1.29, 1.82) is 0 Å². The summed E-state index contributed by atoms with van der Waals surface area (Å²) in [5.41, 5.74) is 15.9. The number of hydrogen-bond donors (Lipinski definition) is 0. The van der Waals surface area contributed by atoms with E-state index >= 15 is 0 Å². The van der Waals surface area contributed by atoms with Crippen LogP contribution in [0, 0.1) is 13.8 Å². The smallest absolute Gasteiger partial charge is 0.0723 e. The second-order valence-corrected chi connectivity index (χ2v) is 13.6. The Hall–Kier alpha value is -6.78. The highest BCUT2D eigenvalue weighted by Gasteiger charge is 2.16. The van der Waals surface area contributed by atoms with Gasteiger partial charge in [-0.05, 0) is 108 Å². The number of aryl methyl sites for hydroxylation is 2. The van der Waals surface area contributed by atoms with E-state index in [1.54, 1.807) is 0 Å². The zero-order chi connectivity index (χ0) is 34.8. The maximum Gasteiger partial charge on any atom is 0.0723 e. The quantitative estimate of drug-likeness (QED) is 0.183. The number of para-hydroxylation sites is 4. The van der Waals surface area contributed by atoms with Crippen molar-refractivity contribution in [3.05, 3.63) is 181 Å². The summed E-state index contributed by atoms with van der Waals surface area (Å²) < 4.78 is 4.74. The molecule has 4 aromatic heterocycles. The van der Waals surface area contributed by atoms with Gasteiger partial charge in [0, 0.05) is 62.6 Å². The molecule has 6 aromatic carbocycles. The summed E-state index contributed by atoms with van der Waals surface area (Å²) in [5, 5.41) is 5.03. The highest BCUT2D eigenvalue weighted by molar-refractivity contribution is 6.10. The van der Waals surface area contributed by atoms with Gasteiger partial charge in [-0.1, -0.05) is 84.9 Å². The van der Waals surface area contributed by atoms with Crippen LogP contribution in [0.5, 0.6) is 0 Å². The maximum atomic E-state index is 4.85. The van der Waals surface area contributed by atoms with Crippen LogP contribution in [0.4, 0.5) is 0 Å². The van der Waals surface area contributed by atoms with Crippen molar-refractivity contribution < 1.29 is 0 Å². The van der Waals surface area contributed by atoms with Gasteiger partial charge in [0.05, 0.1) is 27.8 Å². The number of aromatic nitrogens is 4. The first-order chi connectivity index (χ1) is 25.6. The standard InChI is InChI=1S/C48H34N4/c1-31-19-21-36(51-45-15-7-3-11-38(45)39-12-4-8-16-46(39)51)27-42(31)33-23-24-50-44(26-33)35-25-34(29-49-30-35)43-28-37(22-20-32(43)2)52-47-17-9-5-13-40(47)41-14-6-10-18-48(41)52/h3-30H,1-2H3. The molecule has 0 aliphatic carbocycles. The molecule has 0 aliphatic rings. The lowest BCUT2D eigenvalue weighted by atomic mass is 9.97. The van der Waals surface area contributed by atoms with E-state index in [1.165, 1.54) is 60.3 Å². The average Bonchev–Trinajstić information content (AvgIpc) is 3.72. The fourth-order valence-electron chi connectivity index (χ4n) is 8.00. The third-order valence-corrected chi connectivity index (χ3v) is 10.5. The normalized spacial score (nSPS) is 11.7. The molecule has 0 atom stereocenters. The predicted octanol–water partition coefficient (Wildman–Crippen LogP) is 12.3. The molecule has 4 nitrogen and oxygen atoms in total. The molecule has 4 heteroatoms. The fraction of sp³-hybridized carbons (Fsp3) is 0.0417. The number of benzene rings is 6. The van der Waals surface area contributed by atoms with Gasteiger partial charge in [-0.25, -0.2) is 0 Å². The zero-order valence-electron chi connectivity index (χ0n) is 29.0. The maximum absolute atomic E-state index is 4.85. The molecule has 10 aromatic rings. The molecule has 4 heterocycles. The Morgan fingerprint density at radius 2 is 0.846 bits per heavy atom. The summed E-state index contributed by atoms with van der Waals surface area (Å²) in [6, 6.07) is 54.6. The lowest BCUT2D eigenvalue weighted by Gasteiger charge is -2.14. The van der Waals surface area contributed by atoms with Crippen LogP contribution in [0.15, 0.2) is 170 Å². The third-order valence-electron chi connectivity index (χ3n) is 10.5. The number of rotatable bonds is 5. The molecule has 0 spiro atoms. The van der Waals surface area contributed by atoms with Gasteiger partial charge < -0.3 is 9.13 Å². The van der Waals surface area contributed by atoms with Gasteiger partial charge in [0.1, 0.15) is 0 Å². The van der Waals surface area contributed by atoms with Crippen LogP contribution < -0.4 is 0 Å². The summed E-state index contributed by atoms with van der Waals surface area (Å²) >= 11 is 0. The van der Waals surface area contributed by atoms with Gasteiger partial charge >= 0.3 is 0 Å². The SMILES string of the molecule is Cc1ccc(-n2c3ccccc3c3ccccc32)cc1-c1cncc(-c2cc(-c3cc(-n4c5ccccc5c5ccccc54)ccc3C)ccn2)c1. The number of fused-ring (bicyclic) bond motifs is 6. The Bertz CT molecular complexity index is 2690. The molecule has 246 valence electrons. The largest absolute Gasteiger partial charge is 0.309 e. The Kier molecular flexibility index (Phi) is 6.90. The monoisotopic (exact) mass is 666 g/mol. The minimum atomic E-state index is 0.893. The Morgan fingerprint density at radius 1 is 0.404 bits per heavy atom. The first-order valence-corrected chi connectivity index (χ1v) is 17.7. The molecular weight excluding hydrogens is 633 g/mol. The van der Waals surface area contributed by atoms with E-state index in [4.69, 9.17) is 9.97 Å². The zero-order valence-corrected chi connectivity index (χ0v) is 29.0. The van der Waals surface area contributed by atoms with E-state index in [-0.39, 0.29) is 0 Å². The second kappa shape index (κ2) is 11.9. The number of hydrogen-bond acceptors (Lipinski definition) is 2. The molecule has 0 radical (unpaired) electrons. The van der Waals surface area contributed by atoms with E-state index in [0.717, 1.165) is 39.3 Å². The van der Waals surface area contributed by atoms with Gasteiger partial charge in [-0.3, -0.25) is 9.97 Å². The van der Waals surface area contributed by atoms with Gasteiger partial charge in [0.15, 0.2) is 0 Å². The van der Waals surface area contributed by atoms with Crippen molar-refractivity contribution in [2.45, 2.75) is 13.8 Å². The Morgan fingerprint density at radius 3 is 1.35 bits per heavy atom. The minimum absolute atomic E-state index is 0.893. The number of nitrogens with zero attached hydrogens (tertiary/aromatic N) is 4. The van der Waals surface area contributed by atoms with Gasteiger partial charge in [0.2, 0.25) is 0 Å². The van der Waals surface area contributed by atoms with E-state index < -0.39 is 0 Å². The van der Waals surface area contributed by atoms with Crippen LogP contribution in [-0.2, 0) is 0 Å². The molecule has 0 unspecified atom stereocenters. The van der Waals surface area contributed by atoms with Gasteiger partial charge in [-0.15, -0.1) is 0 Å². The van der Waals surface area contributed by atoms with Gasteiger partial charge in [0.25, 0.3) is 0 Å². The van der Waals surface area contributed by atoms with E-state index in [9.17, 15) is 0 Å². The van der Waals surface area contributed by atoms with Crippen molar-refractivity contribution in [3.8, 4) is 44.9 Å². The van der Waals surface area contributed by atoms with Crippen LogP contribution in [0.3, 0.4) is 0 Å². The van der Waals surface area contributed by atoms with Crippen LogP contribution in [0.1, 0.15) is 11.1 Å².